The number of aromatic nitrogens is 1. The van der Waals surface area contributed by atoms with Crippen molar-refractivity contribution in [2.75, 3.05) is 5.73 Å². The van der Waals surface area contributed by atoms with Gasteiger partial charge in [0.05, 0.1) is 12.8 Å². The highest BCUT2D eigenvalue weighted by Gasteiger charge is 2.12. The van der Waals surface area contributed by atoms with E-state index in [0.29, 0.717) is 22.7 Å². The number of hydrogen-bond acceptors (Lipinski definition) is 4. The number of ether oxygens (including phenoxy) is 1. The number of hydrogen-bond donors (Lipinski definition) is 1. The summed E-state index contributed by atoms with van der Waals surface area (Å²) in [4.78, 5) is 4.38. The number of nitrogens with two attached hydrogens (primary N) is 1. The van der Waals surface area contributed by atoms with Crippen LogP contribution >= 0.6 is 67.8 Å². The number of fused-ring (bicyclic) bond motifs is 1. The van der Waals surface area contributed by atoms with Crippen molar-refractivity contribution in [3.63, 3.8) is 0 Å². The average Bonchev–Trinajstić information content (AvgIpc) is 2.82. The van der Waals surface area contributed by atoms with Crippen molar-refractivity contribution in [2.24, 2.45) is 0 Å². The van der Waals surface area contributed by atoms with Crippen LogP contribution in [0.5, 0.6) is 5.75 Å². The molecule has 0 saturated heterocycles. The lowest BCUT2D eigenvalue weighted by Crippen LogP contribution is -1.99. The van der Waals surface area contributed by atoms with Gasteiger partial charge < -0.3 is 14.9 Å². The van der Waals surface area contributed by atoms with E-state index in [2.05, 4.69) is 84.9 Å². The molecular weight excluding hydrogens is 609 g/mol. The van der Waals surface area contributed by atoms with E-state index in [4.69, 9.17) is 14.9 Å². The Balaban J connectivity index is 1.85. The molecule has 1 heterocycles. The zero-order chi connectivity index (χ0) is 15.0. The summed E-state index contributed by atoms with van der Waals surface area (Å²) in [5.74, 6) is 1.37. The number of benzene rings is 2. The summed E-state index contributed by atoms with van der Waals surface area (Å²) in [6, 6.07) is 9.64. The van der Waals surface area contributed by atoms with Crippen LogP contribution in [0.2, 0.25) is 0 Å². The largest absolute Gasteiger partial charge is 0.482 e. The predicted octanol–water partition coefficient (Wildman–Crippen LogP) is 4.80. The summed E-state index contributed by atoms with van der Waals surface area (Å²) in [5, 5.41) is 0. The van der Waals surface area contributed by atoms with Crippen molar-refractivity contribution >= 4 is 84.6 Å². The van der Waals surface area contributed by atoms with E-state index >= 15 is 0 Å². The van der Waals surface area contributed by atoms with E-state index in [1.807, 2.05) is 12.1 Å². The van der Waals surface area contributed by atoms with E-state index in [1.54, 1.807) is 6.07 Å². The Labute approximate surface area is 162 Å². The lowest BCUT2D eigenvalue weighted by Gasteiger charge is -2.09. The van der Waals surface area contributed by atoms with Crippen LogP contribution in [0.25, 0.3) is 11.1 Å². The Morgan fingerprint density at radius 2 is 1.86 bits per heavy atom. The quantitative estimate of drug-likeness (QED) is 0.339. The van der Waals surface area contributed by atoms with Gasteiger partial charge in [-0.05, 0) is 92.0 Å². The van der Waals surface area contributed by atoms with E-state index < -0.39 is 0 Å². The summed E-state index contributed by atoms with van der Waals surface area (Å²) < 4.78 is 14.8. The molecule has 2 N–H and O–H groups in total. The first-order valence-electron chi connectivity index (χ1n) is 5.96. The second-order valence-electron chi connectivity index (χ2n) is 4.29. The zero-order valence-corrected chi connectivity index (χ0v) is 17.0. The summed E-state index contributed by atoms with van der Waals surface area (Å²) in [7, 11) is 0. The van der Waals surface area contributed by atoms with E-state index in [1.165, 1.54) is 3.57 Å². The number of oxazole rings is 1. The fraction of sp³-hybridized carbons (Fsp3) is 0.0714. The smallest absolute Gasteiger partial charge is 0.233 e. The van der Waals surface area contributed by atoms with Gasteiger partial charge in [-0.25, -0.2) is 4.98 Å². The third-order valence-corrected chi connectivity index (χ3v) is 5.02. The fourth-order valence-electron chi connectivity index (χ4n) is 1.88. The topological polar surface area (TPSA) is 61.3 Å². The van der Waals surface area contributed by atoms with Crippen LogP contribution in [0, 0.1) is 10.7 Å². The molecule has 3 rings (SSSR count). The molecule has 0 saturated carbocycles. The molecule has 0 unspecified atom stereocenters. The molecule has 0 atom stereocenters. The van der Waals surface area contributed by atoms with Crippen LogP contribution in [0.1, 0.15) is 5.89 Å². The molecule has 2 aromatic carbocycles. The third-order valence-electron chi connectivity index (χ3n) is 2.80. The molecule has 108 valence electrons. The maximum atomic E-state index is 5.88. The van der Waals surface area contributed by atoms with Gasteiger partial charge in [0.25, 0.3) is 0 Å². The molecule has 7 heteroatoms. The molecule has 21 heavy (non-hydrogen) atoms. The van der Waals surface area contributed by atoms with E-state index in [0.717, 1.165) is 12.9 Å². The van der Waals surface area contributed by atoms with Crippen molar-refractivity contribution in [3.8, 4) is 5.75 Å². The van der Waals surface area contributed by atoms with Crippen LogP contribution < -0.4 is 10.5 Å². The predicted molar refractivity (Wildman–Crippen MR) is 107 cm³/mol. The van der Waals surface area contributed by atoms with Crippen LogP contribution in [0.3, 0.4) is 0 Å². The highest BCUT2D eigenvalue weighted by atomic mass is 127. The zero-order valence-electron chi connectivity index (χ0n) is 10.6. The number of nitrogen functional groups attached to an aromatic ring is 1. The Kier molecular flexibility index (Phi) is 4.78. The number of rotatable bonds is 3. The van der Waals surface area contributed by atoms with Crippen LogP contribution in [-0.4, -0.2) is 4.98 Å². The van der Waals surface area contributed by atoms with Gasteiger partial charge in [-0.2, -0.15) is 0 Å². The molecule has 0 bridgehead atoms. The Hall–Kier alpha value is -0.300. The number of halogens is 3. The van der Waals surface area contributed by atoms with Gasteiger partial charge in [0.2, 0.25) is 5.89 Å². The molecule has 0 amide bonds. The van der Waals surface area contributed by atoms with Gasteiger partial charge in [0.1, 0.15) is 11.3 Å². The Morgan fingerprint density at radius 3 is 2.52 bits per heavy atom. The third kappa shape index (κ3) is 3.38. The van der Waals surface area contributed by atoms with Crippen LogP contribution in [0.15, 0.2) is 34.7 Å². The molecule has 0 spiro atoms. The first-order chi connectivity index (χ1) is 10.0. The van der Waals surface area contributed by atoms with Crippen molar-refractivity contribution in [3.05, 3.63) is 46.9 Å². The standard InChI is InChI=1S/C14H9I3N2O2/c15-7-4-8(16)14(9(17)5-7)20-6-12-19-13-10(18)2-1-3-11(13)21-12/h1-5H,6,18H2. The molecule has 0 aliphatic rings. The molecule has 0 radical (unpaired) electrons. The summed E-state index contributed by atoms with van der Waals surface area (Å²) >= 11 is 6.83. The Morgan fingerprint density at radius 1 is 1.14 bits per heavy atom. The van der Waals surface area contributed by atoms with E-state index in [-0.39, 0.29) is 6.61 Å². The molecule has 1 aromatic heterocycles. The fourth-order valence-corrected chi connectivity index (χ4v) is 5.77. The van der Waals surface area contributed by atoms with Crippen LogP contribution in [0.4, 0.5) is 5.69 Å². The van der Waals surface area contributed by atoms with Gasteiger partial charge in [0, 0.05) is 3.57 Å². The van der Waals surface area contributed by atoms with Gasteiger partial charge in [-0.15, -0.1) is 0 Å². The highest BCUT2D eigenvalue weighted by Crippen LogP contribution is 2.30. The molecule has 0 fully saturated rings. The maximum absolute atomic E-state index is 5.88. The number of anilines is 1. The minimum absolute atomic E-state index is 0.278. The minimum atomic E-state index is 0.278. The number of nitrogens with zero attached hydrogens (tertiary/aromatic N) is 1. The maximum Gasteiger partial charge on any atom is 0.233 e. The van der Waals surface area contributed by atoms with Crippen molar-refractivity contribution in [2.45, 2.75) is 6.61 Å². The van der Waals surface area contributed by atoms with Gasteiger partial charge in [-0.3, -0.25) is 0 Å². The second kappa shape index (κ2) is 6.44. The minimum Gasteiger partial charge on any atom is -0.482 e. The SMILES string of the molecule is Nc1cccc2oc(COc3c(I)cc(I)cc3I)nc12. The summed E-state index contributed by atoms with van der Waals surface area (Å²) in [6.45, 7) is 0.278. The number of para-hydroxylation sites is 1. The summed E-state index contributed by atoms with van der Waals surface area (Å²) in [6.07, 6.45) is 0. The summed E-state index contributed by atoms with van der Waals surface area (Å²) in [5.41, 5.74) is 7.85. The first kappa shape index (κ1) is 15.6. The second-order valence-corrected chi connectivity index (χ2v) is 7.86. The first-order valence-corrected chi connectivity index (χ1v) is 9.19. The lowest BCUT2D eigenvalue weighted by molar-refractivity contribution is 0.263. The molecule has 0 aliphatic carbocycles. The normalized spacial score (nSPS) is 11.0. The van der Waals surface area contributed by atoms with E-state index in [9.17, 15) is 0 Å². The van der Waals surface area contributed by atoms with Crippen LogP contribution in [-0.2, 0) is 6.61 Å². The van der Waals surface area contributed by atoms with Gasteiger partial charge >= 0.3 is 0 Å². The van der Waals surface area contributed by atoms with Crippen molar-refractivity contribution < 1.29 is 9.15 Å². The lowest BCUT2D eigenvalue weighted by atomic mass is 10.3. The monoisotopic (exact) mass is 618 g/mol. The van der Waals surface area contributed by atoms with Gasteiger partial charge in [-0.1, -0.05) is 6.07 Å². The highest BCUT2D eigenvalue weighted by molar-refractivity contribution is 14.1. The molecule has 0 aliphatic heterocycles. The Bertz CT molecular complexity index is 794. The molecule has 3 aromatic rings. The molecular formula is C14H9I3N2O2. The van der Waals surface area contributed by atoms with Crippen molar-refractivity contribution in [1.29, 1.82) is 0 Å². The molecule has 4 nitrogen and oxygen atoms in total. The van der Waals surface area contributed by atoms with Crippen molar-refractivity contribution in [1.82, 2.24) is 4.98 Å². The van der Waals surface area contributed by atoms with Gasteiger partial charge in [0.15, 0.2) is 12.2 Å². The average molecular weight is 618 g/mol.